The Balaban J connectivity index is 2.95. The number of ether oxygens (including phenoxy) is 1. The zero-order valence-electron chi connectivity index (χ0n) is 11.1. The fourth-order valence-corrected chi connectivity index (χ4v) is 2.68. The number of aliphatic carboxylic acids is 1. The van der Waals surface area contributed by atoms with Crippen molar-refractivity contribution < 1.29 is 36.9 Å². The van der Waals surface area contributed by atoms with Crippen LogP contribution in [0, 0.1) is 0 Å². The number of sulfonamides is 1. The maximum absolute atomic E-state index is 12.1. The summed E-state index contributed by atoms with van der Waals surface area (Å²) < 4.78 is 53.9. The molecule has 1 rings (SSSR count). The van der Waals surface area contributed by atoms with Crippen LogP contribution in [-0.4, -0.2) is 43.4 Å². The second kappa shape index (κ2) is 6.73. The summed E-state index contributed by atoms with van der Waals surface area (Å²) in [6.07, 6.45) is 0. The highest BCUT2D eigenvalue weighted by Gasteiger charge is 2.32. The maximum Gasteiger partial charge on any atom is 0.387 e. The van der Waals surface area contributed by atoms with E-state index >= 15 is 0 Å². The van der Waals surface area contributed by atoms with Gasteiger partial charge in [-0.25, -0.2) is 17.9 Å². The Morgan fingerprint density at radius 1 is 1.50 bits per heavy atom. The first-order chi connectivity index (χ1) is 9.95. The Hall–Kier alpha value is -1.49. The van der Waals surface area contributed by atoms with Gasteiger partial charge in [-0.05, 0) is 25.1 Å². The molecular formula is C11H12ClF2NO6S. The molecule has 3 N–H and O–H groups in total. The normalized spacial score (nSPS) is 14.6. The Morgan fingerprint density at radius 3 is 2.55 bits per heavy atom. The van der Waals surface area contributed by atoms with E-state index in [9.17, 15) is 27.1 Å². The van der Waals surface area contributed by atoms with Gasteiger partial charge in [-0.2, -0.15) is 8.78 Å². The summed E-state index contributed by atoms with van der Waals surface area (Å²) in [4.78, 5) is 10.3. The molecule has 0 aliphatic heterocycles. The molecule has 22 heavy (non-hydrogen) atoms. The highest BCUT2D eigenvalue weighted by molar-refractivity contribution is 7.89. The van der Waals surface area contributed by atoms with Gasteiger partial charge in [-0.15, -0.1) is 0 Å². The molecule has 124 valence electrons. The molecule has 1 aromatic carbocycles. The van der Waals surface area contributed by atoms with E-state index in [1.165, 1.54) is 0 Å². The minimum Gasteiger partial charge on any atom is -0.479 e. The zero-order chi connectivity index (χ0) is 17.1. The number of hydrogen-bond acceptors (Lipinski definition) is 5. The van der Waals surface area contributed by atoms with Crippen LogP contribution in [0.1, 0.15) is 6.92 Å². The standard InChI is InChI=1S/C11H12ClF2NO6S/c1-11(18,9(16)17)5-15-22(19,20)6-2-3-8(7(12)4-6)21-10(13)14/h2-4,10,15,18H,5H2,1H3,(H,16,17). The van der Waals surface area contributed by atoms with E-state index in [-0.39, 0.29) is 5.02 Å². The van der Waals surface area contributed by atoms with Gasteiger partial charge in [-0.1, -0.05) is 11.6 Å². The van der Waals surface area contributed by atoms with E-state index in [0.717, 1.165) is 25.1 Å². The molecule has 0 amide bonds. The first kappa shape index (κ1) is 18.6. The topological polar surface area (TPSA) is 113 Å². The van der Waals surface area contributed by atoms with Crippen LogP contribution in [0.4, 0.5) is 8.78 Å². The Bertz CT molecular complexity index is 665. The number of carboxylic acid groups (broad SMARTS) is 1. The second-order valence-electron chi connectivity index (χ2n) is 4.37. The van der Waals surface area contributed by atoms with Crippen LogP contribution in [0.2, 0.25) is 5.02 Å². The van der Waals surface area contributed by atoms with Crippen molar-refractivity contribution in [3.8, 4) is 5.75 Å². The van der Waals surface area contributed by atoms with Crippen LogP contribution in [0.5, 0.6) is 5.75 Å². The minimum absolute atomic E-state index is 0.367. The molecule has 1 atom stereocenters. The van der Waals surface area contributed by atoms with Crippen molar-refractivity contribution in [1.29, 1.82) is 0 Å². The largest absolute Gasteiger partial charge is 0.479 e. The van der Waals surface area contributed by atoms with Gasteiger partial charge in [-0.3, -0.25) is 0 Å². The molecule has 1 unspecified atom stereocenters. The lowest BCUT2D eigenvalue weighted by Gasteiger charge is -2.18. The van der Waals surface area contributed by atoms with Gasteiger partial charge in [0.05, 0.1) is 16.5 Å². The quantitative estimate of drug-likeness (QED) is 0.671. The molecule has 0 aliphatic carbocycles. The molecular weight excluding hydrogens is 348 g/mol. The van der Waals surface area contributed by atoms with Gasteiger partial charge in [0.25, 0.3) is 0 Å². The average Bonchev–Trinajstić information content (AvgIpc) is 2.38. The van der Waals surface area contributed by atoms with Crippen LogP contribution in [0.25, 0.3) is 0 Å². The predicted octanol–water partition coefficient (Wildman–Crippen LogP) is 1.06. The number of alkyl halides is 2. The number of halogens is 3. The van der Waals surface area contributed by atoms with Gasteiger partial charge in [0.15, 0.2) is 5.60 Å². The molecule has 0 bridgehead atoms. The van der Waals surface area contributed by atoms with E-state index in [1.54, 1.807) is 0 Å². The Morgan fingerprint density at radius 2 is 2.09 bits per heavy atom. The lowest BCUT2D eigenvalue weighted by Crippen LogP contribution is -2.46. The maximum atomic E-state index is 12.1. The first-order valence-corrected chi connectivity index (χ1v) is 7.51. The third kappa shape index (κ3) is 4.77. The fourth-order valence-electron chi connectivity index (χ4n) is 1.23. The molecule has 0 saturated carbocycles. The van der Waals surface area contributed by atoms with E-state index in [4.69, 9.17) is 16.7 Å². The number of aliphatic hydroxyl groups is 1. The molecule has 0 aromatic heterocycles. The smallest absolute Gasteiger partial charge is 0.387 e. The third-order valence-corrected chi connectivity index (χ3v) is 4.19. The van der Waals surface area contributed by atoms with Gasteiger partial charge >= 0.3 is 12.6 Å². The van der Waals surface area contributed by atoms with Crippen LogP contribution in [-0.2, 0) is 14.8 Å². The molecule has 0 fully saturated rings. The van der Waals surface area contributed by atoms with Crippen LogP contribution in [0.3, 0.4) is 0 Å². The number of benzene rings is 1. The predicted molar refractivity (Wildman–Crippen MR) is 71.5 cm³/mol. The summed E-state index contributed by atoms with van der Waals surface area (Å²) in [6, 6.07) is 2.73. The molecule has 11 heteroatoms. The Labute approximate surface area is 129 Å². The molecule has 0 spiro atoms. The molecule has 0 radical (unpaired) electrons. The van der Waals surface area contributed by atoms with Crippen LogP contribution in [0.15, 0.2) is 23.1 Å². The van der Waals surface area contributed by atoms with Crippen molar-refractivity contribution >= 4 is 27.6 Å². The summed E-state index contributed by atoms with van der Waals surface area (Å²) in [6.45, 7) is -3.01. The van der Waals surface area contributed by atoms with E-state index < -0.39 is 45.4 Å². The van der Waals surface area contributed by atoms with Crippen LogP contribution < -0.4 is 9.46 Å². The highest BCUT2D eigenvalue weighted by atomic mass is 35.5. The number of rotatable bonds is 7. The average molecular weight is 360 g/mol. The van der Waals surface area contributed by atoms with Crippen molar-refractivity contribution in [2.75, 3.05) is 6.54 Å². The fraction of sp³-hybridized carbons (Fsp3) is 0.364. The summed E-state index contributed by atoms with van der Waals surface area (Å²) >= 11 is 5.63. The number of hydrogen-bond donors (Lipinski definition) is 3. The number of carbonyl (C=O) groups is 1. The van der Waals surface area contributed by atoms with Crippen molar-refractivity contribution in [3.05, 3.63) is 23.2 Å². The molecule has 0 aliphatic rings. The SMILES string of the molecule is CC(O)(CNS(=O)(=O)c1ccc(OC(F)F)c(Cl)c1)C(=O)O. The molecule has 7 nitrogen and oxygen atoms in total. The molecule has 0 saturated heterocycles. The lowest BCUT2D eigenvalue weighted by molar-refractivity contribution is -0.155. The van der Waals surface area contributed by atoms with Crippen molar-refractivity contribution in [2.24, 2.45) is 0 Å². The molecule has 0 heterocycles. The summed E-state index contributed by atoms with van der Waals surface area (Å²) in [5.41, 5.74) is -2.31. The van der Waals surface area contributed by atoms with Gasteiger partial charge < -0.3 is 14.9 Å². The zero-order valence-corrected chi connectivity index (χ0v) is 12.7. The lowest BCUT2D eigenvalue weighted by atomic mass is 10.1. The molecule has 1 aromatic rings. The Kier molecular flexibility index (Phi) is 5.68. The summed E-state index contributed by atoms with van der Waals surface area (Å²) in [7, 11) is -4.20. The van der Waals surface area contributed by atoms with Crippen molar-refractivity contribution in [3.63, 3.8) is 0 Å². The summed E-state index contributed by atoms with van der Waals surface area (Å²) in [5.74, 6) is -2.03. The van der Waals surface area contributed by atoms with E-state index in [1.807, 2.05) is 4.72 Å². The minimum atomic E-state index is -4.20. The number of carboxylic acids is 1. The highest BCUT2D eigenvalue weighted by Crippen LogP contribution is 2.28. The summed E-state index contributed by atoms with van der Waals surface area (Å²) in [5, 5.41) is 17.8. The second-order valence-corrected chi connectivity index (χ2v) is 6.55. The van der Waals surface area contributed by atoms with Gasteiger partial charge in [0.2, 0.25) is 10.0 Å². The number of nitrogens with one attached hydrogen (secondary N) is 1. The monoisotopic (exact) mass is 359 g/mol. The van der Waals surface area contributed by atoms with Gasteiger partial charge in [0, 0.05) is 0 Å². The van der Waals surface area contributed by atoms with Crippen LogP contribution >= 0.6 is 11.6 Å². The van der Waals surface area contributed by atoms with Gasteiger partial charge in [0.1, 0.15) is 5.75 Å². The van der Waals surface area contributed by atoms with E-state index in [0.29, 0.717) is 0 Å². The first-order valence-electron chi connectivity index (χ1n) is 5.65. The van der Waals surface area contributed by atoms with Crippen molar-refractivity contribution in [1.82, 2.24) is 4.72 Å². The van der Waals surface area contributed by atoms with Crippen molar-refractivity contribution in [2.45, 2.75) is 24.0 Å². The van der Waals surface area contributed by atoms with E-state index in [2.05, 4.69) is 4.74 Å². The third-order valence-electron chi connectivity index (χ3n) is 2.50.